The van der Waals surface area contributed by atoms with E-state index in [0.717, 1.165) is 20.0 Å². The molecule has 1 amide bonds. The molecule has 1 aromatic carbocycles. The van der Waals surface area contributed by atoms with E-state index >= 15 is 0 Å². The molecule has 2 N–H and O–H groups in total. The van der Waals surface area contributed by atoms with Gasteiger partial charge in [0.05, 0.1) is 11.0 Å². The first-order valence-corrected chi connectivity index (χ1v) is 11.0. The number of halogens is 1. The van der Waals surface area contributed by atoms with E-state index in [4.69, 9.17) is 0 Å². The maximum atomic E-state index is 12.1. The number of H-pyrrole nitrogens is 1. The Morgan fingerprint density at radius 1 is 1.27 bits per heavy atom. The van der Waals surface area contributed by atoms with E-state index in [2.05, 4.69) is 25.6 Å². The zero-order valence-electron chi connectivity index (χ0n) is 15.0. The fourth-order valence-corrected chi connectivity index (χ4v) is 4.88. The Bertz CT molecular complexity index is 915. The molecule has 0 saturated heterocycles. The van der Waals surface area contributed by atoms with Gasteiger partial charge in [-0.1, -0.05) is 31.4 Å². The number of aromatic amines is 1. The predicted molar refractivity (Wildman–Crippen MR) is 106 cm³/mol. The zero-order chi connectivity index (χ0) is 18.9. The Morgan fingerprint density at radius 3 is 2.62 bits per heavy atom. The van der Waals surface area contributed by atoms with Gasteiger partial charge in [-0.05, 0) is 51.9 Å². The molecule has 1 saturated carbocycles. The van der Waals surface area contributed by atoms with Crippen LogP contribution in [0.1, 0.15) is 49.1 Å². The van der Waals surface area contributed by atoms with Gasteiger partial charge in [0.2, 0.25) is 5.91 Å². The summed E-state index contributed by atoms with van der Waals surface area (Å²) in [7, 11) is -0.999. The number of benzene rings is 1. The van der Waals surface area contributed by atoms with Crippen molar-refractivity contribution in [1.29, 1.82) is 0 Å². The molecule has 0 unspecified atom stereocenters. The lowest BCUT2D eigenvalue weighted by atomic mass is 9.84. The van der Waals surface area contributed by atoms with E-state index < -0.39 is 16.1 Å². The Labute approximate surface area is 162 Å². The molecule has 2 aromatic rings. The van der Waals surface area contributed by atoms with Crippen LogP contribution in [0.5, 0.6) is 0 Å². The first-order chi connectivity index (χ1) is 12.3. The van der Waals surface area contributed by atoms with Crippen molar-refractivity contribution in [3.63, 3.8) is 0 Å². The third kappa shape index (κ3) is 4.13. The maximum absolute atomic E-state index is 12.1. The molecule has 0 radical (unpaired) electrons. The predicted octanol–water partition coefficient (Wildman–Crippen LogP) is 3.44. The average Bonchev–Trinajstić information content (AvgIpc) is 2.89. The number of amides is 1. The van der Waals surface area contributed by atoms with Gasteiger partial charge in [-0.3, -0.25) is 4.79 Å². The summed E-state index contributed by atoms with van der Waals surface area (Å²) < 4.78 is 27.5. The number of carbonyl (C=O) groups is 1. The zero-order valence-corrected chi connectivity index (χ0v) is 17.4. The highest BCUT2D eigenvalue weighted by atomic mass is 79.9. The van der Waals surface area contributed by atoms with E-state index in [9.17, 15) is 13.2 Å². The molecule has 3 rings (SSSR count). The summed E-state index contributed by atoms with van der Waals surface area (Å²) in [6.45, 7) is 0. The Hall–Kier alpha value is -1.38. The van der Waals surface area contributed by atoms with Crippen LogP contribution in [0.4, 0.5) is 0 Å². The van der Waals surface area contributed by atoms with Crippen molar-refractivity contribution in [2.45, 2.75) is 44.4 Å². The fourth-order valence-electron chi connectivity index (χ4n) is 3.59. The third-order valence-corrected chi connectivity index (χ3v) is 7.03. The van der Waals surface area contributed by atoms with Crippen LogP contribution >= 0.6 is 15.9 Å². The lowest BCUT2D eigenvalue weighted by Crippen LogP contribution is -2.40. The normalized spacial score (nSPS) is 16.3. The minimum Gasteiger partial charge on any atom is -0.349 e. The van der Waals surface area contributed by atoms with Crippen LogP contribution in [0.3, 0.4) is 0 Å². The van der Waals surface area contributed by atoms with E-state index in [1.807, 2.05) is 18.2 Å². The molecule has 0 spiro atoms. The van der Waals surface area contributed by atoms with Crippen molar-refractivity contribution in [3.8, 4) is 0 Å². The van der Waals surface area contributed by atoms with Crippen LogP contribution in [0.2, 0.25) is 0 Å². The van der Waals surface area contributed by atoms with Crippen molar-refractivity contribution < 1.29 is 13.2 Å². The molecule has 1 heterocycles. The Kier molecular flexibility index (Phi) is 5.74. The second-order valence-corrected chi connectivity index (χ2v) is 9.73. The highest BCUT2D eigenvalue weighted by Crippen LogP contribution is 2.40. The number of aromatic nitrogens is 1. The van der Waals surface area contributed by atoms with Crippen LogP contribution in [0.25, 0.3) is 10.9 Å². The van der Waals surface area contributed by atoms with Crippen molar-refractivity contribution in [1.82, 2.24) is 14.0 Å². The largest absolute Gasteiger partial charge is 0.349 e. The van der Waals surface area contributed by atoms with Crippen LogP contribution < -0.4 is 4.72 Å². The van der Waals surface area contributed by atoms with Gasteiger partial charge in [0, 0.05) is 25.0 Å². The molecule has 6 nitrogen and oxygen atoms in total. The Morgan fingerprint density at radius 2 is 1.96 bits per heavy atom. The van der Waals surface area contributed by atoms with Crippen molar-refractivity contribution >= 4 is 42.9 Å². The third-order valence-electron chi connectivity index (χ3n) is 4.96. The first kappa shape index (κ1) is 19.4. The Balaban J connectivity index is 1.81. The lowest BCUT2D eigenvalue weighted by Gasteiger charge is -2.21. The molecule has 8 heteroatoms. The van der Waals surface area contributed by atoms with Crippen LogP contribution in [-0.2, 0) is 21.4 Å². The molecule has 0 atom stereocenters. The quantitative estimate of drug-likeness (QED) is 0.744. The summed E-state index contributed by atoms with van der Waals surface area (Å²) in [5.74, 6) is 0.0161. The summed E-state index contributed by atoms with van der Waals surface area (Å²) in [4.78, 5) is 15.4. The number of hydrogen-bond donors (Lipinski definition) is 2. The number of carbonyl (C=O) groups excluding carboxylic acids is 1. The molecule has 26 heavy (non-hydrogen) atoms. The van der Waals surface area contributed by atoms with Gasteiger partial charge in [-0.15, -0.1) is 0 Å². The van der Waals surface area contributed by atoms with Gasteiger partial charge in [-0.25, -0.2) is 4.72 Å². The number of hydrogen-bond acceptors (Lipinski definition) is 3. The lowest BCUT2D eigenvalue weighted by molar-refractivity contribution is -0.118. The van der Waals surface area contributed by atoms with Crippen LogP contribution in [0, 0.1) is 0 Å². The summed E-state index contributed by atoms with van der Waals surface area (Å²) in [5.41, 5.74) is 3.07. The monoisotopic (exact) mass is 441 g/mol. The standard InChI is InChI=1S/C18H24BrN3O3S/c1-22(2)26(24,25)21-16(23)11-12-8-9-14-15(10-12)20-18(19)17(14)13-6-4-3-5-7-13/h8-10,13,20H,3-7,11H2,1-2H3,(H,21,23). The highest BCUT2D eigenvalue weighted by Gasteiger charge is 2.22. The van der Waals surface area contributed by atoms with Crippen molar-refractivity contribution in [2.24, 2.45) is 0 Å². The number of nitrogens with zero attached hydrogens (tertiary/aromatic N) is 1. The number of nitrogens with one attached hydrogen (secondary N) is 2. The smallest absolute Gasteiger partial charge is 0.303 e. The van der Waals surface area contributed by atoms with E-state index in [1.54, 1.807) is 0 Å². The summed E-state index contributed by atoms with van der Waals surface area (Å²) in [5, 5.41) is 1.17. The SMILES string of the molecule is CN(C)S(=O)(=O)NC(=O)Cc1ccc2c(C3CCCCC3)c(Br)[nH]c2c1. The van der Waals surface area contributed by atoms with Gasteiger partial charge in [0.15, 0.2) is 0 Å². The minimum atomic E-state index is -3.76. The van der Waals surface area contributed by atoms with Crippen LogP contribution in [0.15, 0.2) is 22.8 Å². The second-order valence-electron chi connectivity index (χ2n) is 7.06. The summed E-state index contributed by atoms with van der Waals surface area (Å²) in [6.07, 6.45) is 6.27. The summed E-state index contributed by atoms with van der Waals surface area (Å²) in [6, 6.07) is 5.86. The number of rotatable bonds is 5. The highest BCUT2D eigenvalue weighted by molar-refractivity contribution is 9.10. The molecule has 0 aliphatic heterocycles. The van der Waals surface area contributed by atoms with E-state index in [0.29, 0.717) is 5.92 Å². The van der Waals surface area contributed by atoms with Gasteiger partial charge in [-0.2, -0.15) is 12.7 Å². The fraction of sp³-hybridized carbons (Fsp3) is 0.500. The molecule has 0 bridgehead atoms. The maximum Gasteiger partial charge on any atom is 0.303 e. The minimum absolute atomic E-state index is 0.0123. The molecular formula is C18H24BrN3O3S. The topological polar surface area (TPSA) is 82.3 Å². The second kappa shape index (κ2) is 7.70. The van der Waals surface area contributed by atoms with E-state index in [-0.39, 0.29) is 6.42 Å². The van der Waals surface area contributed by atoms with Crippen LogP contribution in [-0.4, -0.2) is 37.7 Å². The van der Waals surface area contributed by atoms with Gasteiger partial charge < -0.3 is 4.98 Å². The average molecular weight is 442 g/mol. The summed E-state index contributed by atoms with van der Waals surface area (Å²) >= 11 is 3.66. The molecule has 1 aromatic heterocycles. The van der Waals surface area contributed by atoms with Gasteiger partial charge in [0.25, 0.3) is 0 Å². The van der Waals surface area contributed by atoms with Crippen molar-refractivity contribution in [3.05, 3.63) is 33.9 Å². The molecule has 142 valence electrons. The molecule has 1 fully saturated rings. The molecule has 1 aliphatic carbocycles. The van der Waals surface area contributed by atoms with Gasteiger partial charge >= 0.3 is 10.2 Å². The van der Waals surface area contributed by atoms with Gasteiger partial charge in [0.1, 0.15) is 0 Å². The first-order valence-electron chi connectivity index (χ1n) is 8.81. The number of fused-ring (bicyclic) bond motifs is 1. The van der Waals surface area contributed by atoms with E-state index in [1.165, 1.54) is 57.1 Å². The molecule has 1 aliphatic rings. The van der Waals surface area contributed by atoms with Crippen molar-refractivity contribution in [2.75, 3.05) is 14.1 Å². The molecular weight excluding hydrogens is 418 g/mol.